The van der Waals surface area contributed by atoms with Gasteiger partial charge in [0.05, 0.1) is 6.61 Å². The zero-order valence-electron chi connectivity index (χ0n) is 14.2. The second kappa shape index (κ2) is 6.69. The van der Waals surface area contributed by atoms with Crippen LogP contribution < -0.4 is 10.1 Å². The average molecular weight is 305 g/mol. The van der Waals surface area contributed by atoms with Crippen LogP contribution in [0.3, 0.4) is 0 Å². The van der Waals surface area contributed by atoms with Crippen LogP contribution in [0, 0.1) is 5.92 Å². The van der Waals surface area contributed by atoms with Gasteiger partial charge in [-0.1, -0.05) is 26.0 Å². The third kappa shape index (κ3) is 4.47. The summed E-state index contributed by atoms with van der Waals surface area (Å²) in [6.45, 7) is 11.1. The number of nitrogens with one attached hydrogen (secondary N) is 1. The molecule has 0 bridgehead atoms. The van der Waals surface area contributed by atoms with Crippen molar-refractivity contribution in [2.24, 2.45) is 5.92 Å². The first-order valence-electron chi connectivity index (χ1n) is 7.97. The molecule has 0 saturated carbocycles. The number of esters is 1. The number of carbonyl (C=O) groups excluding carboxylic acids is 1. The predicted octanol–water partition coefficient (Wildman–Crippen LogP) is 3.08. The highest BCUT2D eigenvalue weighted by molar-refractivity contribution is 5.76. The van der Waals surface area contributed by atoms with E-state index in [1.165, 1.54) is 11.1 Å². The maximum Gasteiger partial charge on any atom is 0.323 e. The summed E-state index contributed by atoms with van der Waals surface area (Å²) in [4.78, 5) is 12.3. The van der Waals surface area contributed by atoms with Crippen molar-refractivity contribution < 1.29 is 14.3 Å². The van der Waals surface area contributed by atoms with Crippen LogP contribution in [0.15, 0.2) is 18.2 Å². The Morgan fingerprint density at radius 3 is 2.73 bits per heavy atom. The fraction of sp³-hybridized carbons (Fsp3) is 0.611. The lowest BCUT2D eigenvalue weighted by molar-refractivity contribution is -0.158. The number of benzene rings is 1. The van der Waals surface area contributed by atoms with E-state index in [1.54, 1.807) is 0 Å². The van der Waals surface area contributed by atoms with E-state index in [9.17, 15) is 4.79 Å². The van der Waals surface area contributed by atoms with Gasteiger partial charge in [0.15, 0.2) is 0 Å². The van der Waals surface area contributed by atoms with Gasteiger partial charge in [-0.2, -0.15) is 0 Å². The minimum atomic E-state index is -0.461. The Bertz CT molecular complexity index is 532. The summed E-state index contributed by atoms with van der Waals surface area (Å²) in [5.41, 5.74) is 1.95. The zero-order valence-corrected chi connectivity index (χ0v) is 14.2. The van der Waals surface area contributed by atoms with Crippen molar-refractivity contribution >= 4 is 5.97 Å². The van der Waals surface area contributed by atoms with E-state index in [-0.39, 0.29) is 17.9 Å². The maximum absolute atomic E-state index is 12.3. The van der Waals surface area contributed by atoms with Gasteiger partial charge < -0.3 is 14.8 Å². The summed E-state index contributed by atoms with van der Waals surface area (Å²) in [7, 11) is 0. The minimum absolute atomic E-state index is 0.174. The van der Waals surface area contributed by atoms with Crippen LogP contribution in [0.2, 0.25) is 0 Å². The van der Waals surface area contributed by atoms with Crippen molar-refractivity contribution in [3.05, 3.63) is 29.3 Å². The van der Waals surface area contributed by atoms with Gasteiger partial charge in [0.25, 0.3) is 0 Å². The summed E-state index contributed by atoms with van der Waals surface area (Å²) in [5, 5.41) is 3.33. The molecule has 1 heterocycles. The first-order chi connectivity index (χ1) is 10.3. The van der Waals surface area contributed by atoms with Gasteiger partial charge in [-0.15, -0.1) is 0 Å². The van der Waals surface area contributed by atoms with Crippen LogP contribution in [-0.4, -0.2) is 24.2 Å². The molecule has 1 aromatic rings. The molecule has 0 aliphatic carbocycles. The van der Waals surface area contributed by atoms with Crippen LogP contribution >= 0.6 is 0 Å². The van der Waals surface area contributed by atoms with E-state index in [1.807, 2.05) is 46.8 Å². The highest BCUT2D eigenvalue weighted by Gasteiger charge is 2.27. The normalized spacial score (nSPS) is 15.4. The van der Waals surface area contributed by atoms with Gasteiger partial charge in [-0.3, -0.25) is 4.79 Å². The van der Waals surface area contributed by atoms with Crippen molar-refractivity contribution in [2.75, 3.05) is 6.61 Å². The van der Waals surface area contributed by atoms with E-state index >= 15 is 0 Å². The molecule has 1 aliphatic rings. The summed E-state index contributed by atoms with van der Waals surface area (Å²) in [6, 6.07) is 5.91. The van der Waals surface area contributed by atoms with E-state index in [0.717, 1.165) is 18.8 Å². The molecule has 0 aromatic heterocycles. The molecule has 4 heteroatoms. The molecule has 1 atom stereocenters. The highest BCUT2D eigenvalue weighted by atomic mass is 16.6. The van der Waals surface area contributed by atoms with Crippen molar-refractivity contribution in [3.63, 3.8) is 0 Å². The largest absolute Gasteiger partial charge is 0.493 e. The number of fused-ring (bicyclic) bond motifs is 1. The molecular weight excluding hydrogens is 278 g/mol. The Hall–Kier alpha value is -1.55. The Balaban J connectivity index is 1.98. The monoisotopic (exact) mass is 305 g/mol. The van der Waals surface area contributed by atoms with Crippen LogP contribution in [0.25, 0.3) is 0 Å². The lowest BCUT2D eigenvalue weighted by Crippen LogP contribution is -2.44. The zero-order chi connectivity index (χ0) is 16.3. The first-order valence-corrected chi connectivity index (χ1v) is 7.97. The van der Waals surface area contributed by atoms with Crippen molar-refractivity contribution in [1.82, 2.24) is 5.32 Å². The summed E-state index contributed by atoms with van der Waals surface area (Å²) in [5.74, 6) is 0.968. The van der Waals surface area contributed by atoms with Crippen LogP contribution in [0.5, 0.6) is 5.75 Å². The molecule has 22 heavy (non-hydrogen) atoms. The van der Waals surface area contributed by atoms with Crippen LogP contribution in [-0.2, 0) is 22.5 Å². The molecule has 0 amide bonds. The van der Waals surface area contributed by atoms with E-state index in [0.29, 0.717) is 6.54 Å². The summed E-state index contributed by atoms with van der Waals surface area (Å²) < 4.78 is 11.0. The molecule has 0 spiro atoms. The van der Waals surface area contributed by atoms with Gasteiger partial charge >= 0.3 is 5.97 Å². The third-order valence-electron chi connectivity index (χ3n) is 3.61. The summed E-state index contributed by atoms with van der Waals surface area (Å²) in [6.07, 6.45) is 0.961. The second-order valence-corrected chi connectivity index (χ2v) is 7.18. The molecule has 1 aromatic carbocycles. The number of hydrogen-bond acceptors (Lipinski definition) is 4. The van der Waals surface area contributed by atoms with Crippen LogP contribution in [0.1, 0.15) is 45.7 Å². The number of rotatable bonds is 5. The lowest BCUT2D eigenvalue weighted by Gasteiger charge is -2.26. The average Bonchev–Trinajstić information content (AvgIpc) is 2.83. The smallest absolute Gasteiger partial charge is 0.323 e. The maximum atomic E-state index is 12.3. The van der Waals surface area contributed by atoms with Crippen molar-refractivity contribution in [1.29, 1.82) is 0 Å². The highest BCUT2D eigenvalue weighted by Crippen LogP contribution is 2.26. The fourth-order valence-corrected chi connectivity index (χ4v) is 2.53. The van der Waals surface area contributed by atoms with Gasteiger partial charge in [0.1, 0.15) is 17.4 Å². The van der Waals surface area contributed by atoms with E-state index in [4.69, 9.17) is 9.47 Å². The standard InChI is InChI=1S/C18H27NO3/c1-12(2)16(17(20)22-18(3,4)5)19-11-13-6-7-15-14(10-13)8-9-21-15/h6-7,10,12,16,19H,8-9,11H2,1-5H3/t16-/m0/s1. The minimum Gasteiger partial charge on any atom is -0.493 e. The van der Waals surface area contributed by atoms with E-state index < -0.39 is 5.60 Å². The van der Waals surface area contributed by atoms with E-state index in [2.05, 4.69) is 11.4 Å². The Morgan fingerprint density at radius 1 is 1.36 bits per heavy atom. The number of carbonyl (C=O) groups is 1. The molecule has 0 unspecified atom stereocenters. The van der Waals surface area contributed by atoms with Gasteiger partial charge in [0, 0.05) is 13.0 Å². The number of hydrogen-bond donors (Lipinski definition) is 1. The predicted molar refractivity (Wildman–Crippen MR) is 87.0 cm³/mol. The molecule has 0 fully saturated rings. The summed E-state index contributed by atoms with van der Waals surface area (Å²) >= 11 is 0. The second-order valence-electron chi connectivity index (χ2n) is 7.18. The Morgan fingerprint density at radius 2 is 2.09 bits per heavy atom. The lowest BCUT2D eigenvalue weighted by atomic mass is 10.0. The SMILES string of the molecule is CC(C)[C@H](NCc1ccc2c(c1)CCO2)C(=O)OC(C)(C)C. The molecule has 4 nitrogen and oxygen atoms in total. The molecular formula is C18H27NO3. The molecule has 2 rings (SSSR count). The Kier molecular flexibility index (Phi) is 5.12. The van der Waals surface area contributed by atoms with Crippen LogP contribution in [0.4, 0.5) is 0 Å². The molecule has 0 saturated heterocycles. The van der Waals surface area contributed by atoms with Gasteiger partial charge in [0.2, 0.25) is 0 Å². The molecule has 1 aliphatic heterocycles. The fourth-order valence-electron chi connectivity index (χ4n) is 2.53. The number of ether oxygens (including phenoxy) is 2. The molecule has 122 valence electrons. The topological polar surface area (TPSA) is 47.6 Å². The molecule has 0 radical (unpaired) electrons. The van der Waals surface area contributed by atoms with Crippen molar-refractivity contribution in [2.45, 2.75) is 59.2 Å². The van der Waals surface area contributed by atoms with Crippen molar-refractivity contribution in [3.8, 4) is 5.75 Å². The third-order valence-corrected chi connectivity index (χ3v) is 3.61. The molecule has 1 N–H and O–H groups in total. The Labute approximate surface area is 133 Å². The first kappa shape index (κ1) is 16.8. The van der Waals surface area contributed by atoms with Gasteiger partial charge in [-0.05, 0) is 43.9 Å². The van der Waals surface area contributed by atoms with Gasteiger partial charge in [-0.25, -0.2) is 0 Å². The quantitative estimate of drug-likeness (QED) is 0.849.